The molecule has 5 heteroatoms. The van der Waals surface area contributed by atoms with Gasteiger partial charge in [0, 0.05) is 0 Å². The molecule has 0 atom stereocenters. The highest BCUT2D eigenvalue weighted by atomic mass is 33.2. The molecule has 0 saturated carbocycles. The van der Waals surface area contributed by atoms with Crippen LogP contribution < -0.4 is 0 Å². The first-order valence-corrected chi connectivity index (χ1v) is 7.64. The quantitative estimate of drug-likeness (QED) is 0.538. The average Bonchev–Trinajstić information content (AvgIpc) is 1.59. The topological polar surface area (TPSA) is 9.23 Å². The second kappa shape index (κ2) is 4.24. The molecule has 9 heavy (non-hydrogen) atoms. The minimum Gasteiger partial charge on any atom is -0.334 e. The zero-order valence-electron chi connectivity index (χ0n) is 5.44. The zero-order valence-corrected chi connectivity index (χ0v) is 8.94. The Balaban J connectivity index is 3.40. The fraction of sp³-hybridized carbons (Fsp3) is 1.00. The van der Waals surface area contributed by atoms with Crippen LogP contribution in [0.25, 0.3) is 0 Å². The summed E-state index contributed by atoms with van der Waals surface area (Å²) in [5.74, 6) is 0.506. The first kappa shape index (κ1) is 10.3. The summed E-state index contributed by atoms with van der Waals surface area (Å²) < 4.78 is 3.15. The molecule has 0 aliphatic carbocycles. The fourth-order valence-corrected chi connectivity index (χ4v) is 1.32. The van der Waals surface area contributed by atoms with E-state index in [-0.39, 0.29) is 0 Å². The molecule has 0 aliphatic heterocycles. The van der Waals surface area contributed by atoms with Crippen LogP contribution in [0.5, 0.6) is 0 Å². The van der Waals surface area contributed by atoms with Crippen molar-refractivity contribution < 1.29 is 4.52 Å². The molecule has 0 amide bonds. The molecule has 0 aromatic heterocycles. The first-order valence-electron chi connectivity index (χ1n) is 2.62. The van der Waals surface area contributed by atoms with Gasteiger partial charge >= 0.3 is 0 Å². The lowest BCUT2D eigenvalue weighted by Crippen LogP contribution is -1.95. The molecular weight excluding hydrogens is 191 g/mol. The maximum absolute atomic E-state index is 5.15. The lowest BCUT2D eigenvalue weighted by atomic mass is 10.2. The lowest BCUT2D eigenvalue weighted by molar-refractivity contribution is 0.309. The van der Waals surface area contributed by atoms with Crippen molar-refractivity contribution in [2.24, 2.45) is 5.92 Å². The van der Waals surface area contributed by atoms with Crippen molar-refractivity contribution in [2.75, 3.05) is 6.61 Å². The smallest absolute Gasteiger partial charge is 0.168 e. The highest BCUT2D eigenvalue weighted by Crippen LogP contribution is 2.56. The van der Waals surface area contributed by atoms with Gasteiger partial charge in [0.05, 0.1) is 6.61 Å². The Morgan fingerprint density at radius 1 is 1.56 bits per heavy atom. The van der Waals surface area contributed by atoms with Gasteiger partial charge < -0.3 is 4.52 Å². The molecule has 0 radical (unpaired) electrons. The van der Waals surface area contributed by atoms with Gasteiger partial charge in [-0.1, -0.05) is 13.8 Å². The third-order valence-corrected chi connectivity index (χ3v) is 2.07. The van der Waals surface area contributed by atoms with E-state index in [2.05, 4.69) is 38.3 Å². The van der Waals surface area contributed by atoms with Crippen molar-refractivity contribution in [1.82, 2.24) is 0 Å². The van der Waals surface area contributed by atoms with Crippen molar-refractivity contribution in [2.45, 2.75) is 13.8 Å². The van der Waals surface area contributed by atoms with E-state index >= 15 is 0 Å². The maximum Gasteiger partial charge on any atom is 0.168 e. The van der Waals surface area contributed by atoms with E-state index in [0.29, 0.717) is 12.5 Å². The van der Waals surface area contributed by atoms with Gasteiger partial charge in [0.1, 0.15) is 0 Å². The Labute approximate surface area is 72.0 Å². The predicted octanol–water partition coefficient (Wildman–Crippen LogP) is 2.74. The van der Waals surface area contributed by atoms with E-state index in [1.54, 1.807) is 0 Å². The van der Waals surface area contributed by atoms with Crippen molar-refractivity contribution >= 4 is 41.0 Å². The molecule has 0 heterocycles. The molecule has 0 rings (SSSR count). The summed E-state index contributed by atoms with van der Waals surface area (Å²) in [7, 11) is 0. The van der Waals surface area contributed by atoms with Crippen LogP contribution in [0, 0.1) is 5.92 Å². The molecule has 0 spiro atoms. The van der Waals surface area contributed by atoms with Crippen LogP contribution in [0.1, 0.15) is 13.8 Å². The number of hydrogen-bond donors (Lipinski definition) is 2. The molecule has 0 bridgehead atoms. The van der Waals surface area contributed by atoms with E-state index < -0.39 is 4.67 Å². The predicted molar refractivity (Wildman–Crippen MR) is 53.0 cm³/mol. The van der Waals surface area contributed by atoms with Crippen molar-refractivity contribution in [1.29, 1.82) is 0 Å². The molecule has 1 nitrogen and oxygen atoms in total. The minimum absolute atomic E-state index is 0.506. The van der Waals surface area contributed by atoms with Gasteiger partial charge in [-0.25, -0.2) is 0 Å². The lowest BCUT2D eigenvalue weighted by Gasteiger charge is -2.10. The summed E-state index contributed by atoms with van der Waals surface area (Å²) in [6, 6.07) is 0. The van der Waals surface area contributed by atoms with Crippen LogP contribution in [0.3, 0.4) is 0 Å². The number of thiol groups is 2. The highest BCUT2D eigenvalue weighted by molar-refractivity contribution is 8.90. The average molecular weight is 202 g/mol. The van der Waals surface area contributed by atoms with Gasteiger partial charge in [-0.3, -0.25) is 0 Å². The molecule has 0 saturated heterocycles. The molecule has 56 valence electrons. The third kappa shape index (κ3) is 9.31. The van der Waals surface area contributed by atoms with Gasteiger partial charge in [-0.05, 0) is 17.7 Å². The summed E-state index contributed by atoms with van der Waals surface area (Å²) in [6.07, 6.45) is 0. The summed E-state index contributed by atoms with van der Waals surface area (Å²) >= 11 is 12.8. The number of rotatable bonds is 3. The second-order valence-electron chi connectivity index (χ2n) is 2.18. The summed E-state index contributed by atoms with van der Waals surface area (Å²) in [5.41, 5.74) is 0. The molecule has 0 unspecified atom stereocenters. The van der Waals surface area contributed by atoms with Crippen molar-refractivity contribution in [3.05, 3.63) is 0 Å². The summed E-state index contributed by atoms with van der Waals surface area (Å²) in [6.45, 7) is 4.78. The van der Waals surface area contributed by atoms with E-state index in [1.165, 1.54) is 0 Å². The van der Waals surface area contributed by atoms with Crippen LogP contribution in [0.4, 0.5) is 0 Å². The third-order valence-electron chi connectivity index (χ3n) is 0.576. The fourth-order valence-electron chi connectivity index (χ4n) is 0.246. The summed E-state index contributed by atoms with van der Waals surface area (Å²) in [4.78, 5) is 0. The van der Waals surface area contributed by atoms with Gasteiger partial charge in [-0.2, -0.15) is 0 Å². The molecule has 0 N–H and O–H groups in total. The minimum atomic E-state index is -2.00. The largest absolute Gasteiger partial charge is 0.334 e. The second-order valence-corrected chi connectivity index (χ2v) is 10.9. The molecule has 0 aromatic rings. The Morgan fingerprint density at radius 3 is 2.11 bits per heavy atom. The van der Waals surface area contributed by atoms with Gasteiger partial charge in [0.2, 0.25) is 0 Å². The van der Waals surface area contributed by atoms with Crippen LogP contribution in [0.2, 0.25) is 0 Å². The highest BCUT2D eigenvalue weighted by Gasteiger charge is 2.04. The monoisotopic (exact) mass is 202 g/mol. The van der Waals surface area contributed by atoms with Crippen molar-refractivity contribution in [3.63, 3.8) is 0 Å². The van der Waals surface area contributed by atoms with Crippen LogP contribution >= 0.6 is 29.2 Å². The van der Waals surface area contributed by atoms with Gasteiger partial charge in [0.25, 0.3) is 0 Å². The van der Waals surface area contributed by atoms with Crippen molar-refractivity contribution in [3.8, 4) is 0 Å². The molecular formula is C4H11OPS3. The zero-order chi connectivity index (χ0) is 7.49. The van der Waals surface area contributed by atoms with E-state index in [4.69, 9.17) is 16.3 Å². The summed E-state index contributed by atoms with van der Waals surface area (Å²) in [5, 5.41) is 0. The normalized spacial score (nSPS) is 12.6. The Bertz CT molecular complexity index is 119. The van der Waals surface area contributed by atoms with Gasteiger partial charge in [0.15, 0.2) is 4.67 Å². The van der Waals surface area contributed by atoms with Crippen LogP contribution in [0.15, 0.2) is 0 Å². The van der Waals surface area contributed by atoms with Crippen LogP contribution in [-0.4, -0.2) is 6.61 Å². The molecule has 0 fully saturated rings. The Hall–Kier alpha value is 1.31. The van der Waals surface area contributed by atoms with E-state index in [9.17, 15) is 0 Å². The maximum atomic E-state index is 5.15. The molecule has 0 aromatic carbocycles. The molecule has 0 aliphatic rings. The van der Waals surface area contributed by atoms with Gasteiger partial charge in [-0.15, -0.1) is 24.5 Å². The van der Waals surface area contributed by atoms with Crippen LogP contribution in [-0.2, 0) is 16.3 Å². The Kier molecular flexibility index (Phi) is 4.86. The van der Waals surface area contributed by atoms with E-state index in [0.717, 1.165) is 0 Å². The van der Waals surface area contributed by atoms with E-state index in [1.807, 2.05) is 0 Å². The number of hydrogen-bond acceptors (Lipinski definition) is 2. The standard InChI is InChI=1S/C4H11OPS3/c1-4(2)3-5-6(7,8)9/h4H,3H2,1-2H3,(H2,7,8,9). The Morgan fingerprint density at radius 2 is 2.00 bits per heavy atom. The first-order chi connectivity index (χ1) is 3.92. The SMILES string of the molecule is CC(C)COP(=S)(S)S.